The third kappa shape index (κ3) is 3.57. The van der Waals surface area contributed by atoms with Gasteiger partial charge in [-0.05, 0) is 20.1 Å². The highest BCUT2D eigenvalue weighted by Gasteiger charge is 2.22. The molecular formula is C7H21ClN2Si2. The summed E-state index contributed by atoms with van der Waals surface area (Å²) in [6.07, 6.45) is 0. The smallest absolute Gasteiger partial charge is 0.284 e. The van der Waals surface area contributed by atoms with Gasteiger partial charge in [-0.1, -0.05) is 26.9 Å². The van der Waals surface area contributed by atoms with E-state index in [1.165, 1.54) is 0 Å². The Morgan fingerprint density at radius 2 is 1.58 bits per heavy atom. The van der Waals surface area contributed by atoms with Gasteiger partial charge in [-0.2, -0.15) is 0 Å². The van der Waals surface area contributed by atoms with Crippen LogP contribution < -0.4 is 0 Å². The van der Waals surface area contributed by atoms with Crippen LogP contribution in [0.25, 0.3) is 0 Å². The highest BCUT2D eigenvalue weighted by molar-refractivity contribution is 7.06. The second kappa shape index (κ2) is 6.15. The van der Waals surface area contributed by atoms with Gasteiger partial charge in [-0.15, -0.1) is 11.1 Å². The molecule has 12 heavy (non-hydrogen) atoms. The van der Waals surface area contributed by atoms with E-state index in [0.717, 1.165) is 13.1 Å². The van der Waals surface area contributed by atoms with Crippen molar-refractivity contribution in [3.8, 4) is 0 Å². The van der Waals surface area contributed by atoms with Crippen molar-refractivity contribution >= 4 is 28.5 Å². The lowest BCUT2D eigenvalue weighted by molar-refractivity contribution is 0.461. The van der Waals surface area contributed by atoms with Crippen LogP contribution in [0.2, 0.25) is 13.1 Å². The summed E-state index contributed by atoms with van der Waals surface area (Å²) >= 11 is 6.42. The van der Waals surface area contributed by atoms with E-state index in [4.69, 9.17) is 11.1 Å². The molecule has 2 nitrogen and oxygen atoms in total. The fourth-order valence-corrected chi connectivity index (χ4v) is 7.54. The van der Waals surface area contributed by atoms with Crippen LogP contribution >= 0.6 is 11.1 Å². The maximum absolute atomic E-state index is 6.42. The van der Waals surface area contributed by atoms with Crippen molar-refractivity contribution in [2.24, 2.45) is 0 Å². The zero-order valence-corrected chi connectivity index (χ0v) is 11.9. The molecule has 1 atom stereocenters. The molecule has 0 fully saturated rings. The Kier molecular flexibility index (Phi) is 6.48. The average Bonchev–Trinajstić information content (AvgIpc) is 2.05. The van der Waals surface area contributed by atoms with E-state index in [1.54, 1.807) is 0 Å². The fraction of sp³-hybridized carbons (Fsp3) is 1.00. The first kappa shape index (κ1) is 12.6. The normalized spacial score (nSPS) is 14.8. The van der Waals surface area contributed by atoms with Crippen LogP contribution in [0.4, 0.5) is 0 Å². The number of hydrogen-bond acceptors (Lipinski definition) is 2. The monoisotopic (exact) mass is 224 g/mol. The lowest BCUT2D eigenvalue weighted by atomic mass is 10.7. The quantitative estimate of drug-likeness (QED) is 0.512. The molecule has 0 saturated heterocycles. The molecule has 0 rings (SSSR count). The Balaban J connectivity index is 4.05. The summed E-state index contributed by atoms with van der Waals surface area (Å²) in [4.78, 5) is 0. The summed E-state index contributed by atoms with van der Waals surface area (Å²) in [6, 6.07) is 0. The number of rotatable bonds is 5. The van der Waals surface area contributed by atoms with E-state index >= 15 is 0 Å². The molecule has 0 spiro atoms. The largest absolute Gasteiger partial charge is 0.329 e. The zero-order chi connectivity index (χ0) is 9.72. The Morgan fingerprint density at radius 3 is 1.83 bits per heavy atom. The maximum Gasteiger partial charge on any atom is 0.284 e. The third-order valence-electron chi connectivity index (χ3n) is 2.26. The molecule has 0 aliphatic heterocycles. The minimum Gasteiger partial charge on any atom is -0.329 e. The third-order valence-corrected chi connectivity index (χ3v) is 10.9. The van der Waals surface area contributed by atoms with E-state index < -0.39 is 17.4 Å². The lowest BCUT2D eigenvalue weighted by Gasteiger charge is -2.32. The molecule has 0 aromatic rings. The van der Waals surface area contributed by atoms with Crippen LogP contribution in [-0.4, -0.2) is 46.3 Å². The van der Waals surface area contributed by atoms with Gasteiger partial charge in [-0.3, -0.25) is 0 Å². The molecular weight excluding hydrogens is 204 g/mol. The van der Waals surface area contributed by atoms with Crippen LogP contribution in [0.15, 0.2) is 0 Å². The molecule has 0 radical (unpaired) electrons. The zero-order valence-electron chi connectivity index (χ0n) is 8.84. The number of halogens is 1. The Morgan fingerprint density at radius 1 is 1.17 bits per heavy atom. The molecule has 74 valence electrons. The van der Waals surface area contributed by atoms with Crippen LogP contribution in [0, 0.1) is 0 Å². The highest BCUT2D eigenvalue weighted by Crippen LogP contribution is 2.05. The van der Waals surface area contributed by atoms with Crippen molar-refractivity contribution < 1.29 is 0 Å². The summed E-state index contributed by atoms with van der Waals surface area (Å²) < 4.78 is 4.84. The topological polar surface area (TPSA) is 6.48 Å². The minimum absolute atomic E-state index is 0.685. The summed E-state index contributed by atoms with van der Waals surface area (Å²) in [5.74, 6) is 0. The second-order valence-electron chi connectivity index (χ2n) is 3.29. The van der Waals surface area contributed by atoms with E-state index in [2.05, 4.69) is 42.8 Å². The first-order chi connectivity index (χ1) is 5.54. The Labute approximate surface area is 84.7 Å². The van der Waals surface area contributed by atoms with Gasteiger partial charge in [0.15, 0.2) is 0 Å². The van der Waals surface area contributed by atoms with Gasteiger partial charge in [0.25, 0.3) is 8.43 Å². The van der Waals surface area contributed by atoms with Crippen LogP contribution in [0.5, 0.6) is 0 Å². The van der Waals surface area contributed by atoms with Crippen molar-refractivity contribution in [2.75, 3.05) is 20.1 Å². The molecule has 0 amide bonds. The first-order valence-electron chi connectivity index (χ1n) is 4.64. The molecule has 0 N–H and O–H groups in total. The van der Waals surface area contributed by atoms with Crippen LogP contribution in [0.1, 0.15) is 13.8 Å². The first-order valence-corrected chi connectivity index (χ1v) is 10.2. The molecule has 0 bridgehead atoms. The minimum atomic E-state index is -1.27. The number of hydrogen-bond donors (Lipinski definition) is 0. The van der Waals surface area contributed by atoms with E-state index in [0.29, 0.717) is 0 Å². The summed E-state index contributed by atoms with van der Waals surface area (Å²) in [5.41, 5.74) is 0. The molecule has 5 heteroatoms. The van der Waals surface area contributed by atoms with E-state index in [1.807, 2.05) is 0 Å². The predicted molar refractivity (Wildman–Crippen MR) is 62.6 cm³/mol. The van der Waals surface area contributed by atoms with Gasteiger partial charge in [0.2, 0.25) is 0 Å². The molecule has 0 aliphatic carbocycles. The standard InChI is InChI=1S/C7H21ClN2Si2/c1-6-10(7-2)12(8)9(3)11(4)5/h11-12H,6-7H2,1-5H3. The van der Waals surface area contributed by atoms with E-state index in [9.17, 15) is 0 Å². The van der Waals surface area contributed by atoms with Crippen molar-refractivity contribution in [1.82, 2.24) is 8.80 Å². The number of nitrogens with zero attached hydrogens (tertiary/aromatic N) is 2. The van der Waals surface area contributed by atoms with Gasteiger partial charge in [-0.25, -0.2) is 0 Å². The summed E-state index contributed by atoms with van der Waals surface area (Å²) in [6.45, 7) is 11.2. The maximum atomic E-state index is 6.42. The Hall–Kier alpha value is 0.644. The van der Waals surface area contributed by atoms with Crippen molar-refractivity contribution in [2.45, 2.75) is 26.9 Å². The second-order valence-corrected chi connectivity index (χ2v) is 10.2. The van der Waals surface area contributed by atoms with Gasteiger partial charge >= 0.3 is 0 Å². The average molecular weight is 225 g/mol. The molecule has 0 saturated carbocycles. The summed E-state index contributed by atoms with van der Waals surface area (Å²) in [7, 11) is 0.226. The van der Waals surface area contributed by atoms with Gasteiger partial charge in [0, 0.05) is 0 Å². The van der Waals surface area contributed by atoms with Crippen molar-refractivity contribution in [3.63, 3.8) is 0 Å². The molecule has 0 aromatic heterocycles. The molecule has 1 unspecified atom stereocenters. The van der Waals surface area contributed by atoms with Crippen LogP contribution in [-0.2, 0) is 0 Å². The Bertz CT molecular complexity index is 118. The van der Waals surface area contributed by atoms with Crippen molar-refractivity contribution in [3.05, 3.63) is 0 Å². The lowest BCUT2D eigenvalue weighted by Crippen LogP contribution is -2.51. The molecule has 0 aliphatic rings. The van der Waals surface area contributed by atoms with Crippen LogP contribution in [0.3, 0.4) is 0 Å². The van der Waals surface area contributed by atoms with Crippen molar-refractivity contribution in [1.29, 1.82) is 0 Å². The van der Waals surface area contributed by atoms with Gasteiger partial charge in [0.1, 0.15) is 0 Å². The summed E-state index contributed by atoms with van der Waals surface area (Å²) in [5, 5.41) is 0. The SMILES string of the molecule is CCN(CC)[SiH](Cl)N(C)[SiH](C)C. The van der Waals surface area contributed by atoms with E-state index in [-0.39, 0.29) is 0 Å². The highest BCUT2D eigenvalue weighted by atomic mass is 35.6. The molecule has 0 aromatic carbocycles. The molecule has 0 heterocycles. The van der Waals surface area contributed by atoms with Gasteiger partial charge < -0.3 is 8.80 Å². The fourth-order valence-electron chi connectivity index (χ4n) is 1.03. The predicted octanol–water partition coefficient (Wildman–Crippen LogP) is 1.20. The van der Waals surface area contributed by atoms with Gasteiger partial charge in [0.05, 0.1) is 8.96 Å².